The molecule has 238 valence electrons. The third kappa shape index (κ3) is 11.0. The Morgan fingerprint density at radius 2 is 1.57 bits per heavy atom. The molecule has 0 spiro atoms. The van der Waals surface area contributed by atoms with Gasteiger partial charge in [-0.05, 0) is 61.6 Å². The Labute approximate surface area is 264 Å². The summed E-state index contributed by atoms with van der Waals surface area (Å²) in [6.45, 7) is 6.81. The van der Waals surface area contributed by atoms with E-state index in [1.165, 1.54) is 11.8 Å². The summed E-state index contributed by atoms with van der Waals surface area (Å²) in [5.41, 5.74) is 2.10. The highest BCUT2D eigenvalue weighted by molar-refractivity contribution is 7.99. The largest absolute Gasteiger partial charge is 0.354 e. The van der Waals surface area contributed by atoms with E-state index in [1.807, 2.05) is 62.6 Å². The van der Waals surface area contributed by atoms with Crippen molar-refractivity contribution in [3.05, 3.63) is 71.3 Å². The van der Waals surface area contributed by atoms with Gasteiger partial charge >= 0.3 is 0 Å². The Morgan fingerprint density at radius 1 is 0.886 bits per heavy atom. The summed E-state index contributed by atoms with van der Waals surface area (Å²) in [4.78, 5) is 67.7. The number of carbonyl (C=O) groups excluding carboxylic acids is 5. The van der Waals surface area contributed by atoms with Gasteiger partial charge in [0.25, 0.3) is 5.91 Å². The van der Waals surface area contributed by atoms with Gasteiger partial charge in [-0.2, -0.15) is 11.8 Å². The third-order valence-electron chi connectivity index (χ3n) is 7.36. The van der Waals surface area contributed by atoms with Crippen LogP contribution in [0.15, 0.2) is 54.6 Å². The van der Waals surface area contributed by atoms with Gasteiger partial charge in [-0.1, -0.05) is 56.3 Å². The number of fused-ring (bicyclic) bond motifs is 18. The SMILES string of the molecule is CSCC(=O)N1CCCCNC(=O)[C@@H](C)NC(=O)[C@H](CC(C)C)NC(=O)[C@@H](Cc2ccccc2)NC(=O)c2ccc(cc2)C1. The van der Waals surface area contributed by atoms with Gasteiger partial charge < -0.3 is 26.2 Å². The third-order valence-corrected chi connectivity index (χ3v) is 7.90. The van der Waals surface area contributed by atoms with Crippen molar-refractivity contribution in [3.63, 3.8) is 0 Å². The van der Waals surface area contributed by atoms with E-state index in [0.717, 1.165) is 11.1 Å². The molecule has 2 bridgehead atoms. The molecule has 2 aromatic rings. The molecule has 0 saturated heterocycles. The van der Waals surface area contributed by atoms with Crippen LogP contribution < -0.4 is 21.3 Å². The van der Waals surface area contributed by atoms with Crippen molar-refractivity contribution in [2.24, 2.45) is 5.92 Å². The lowest BCUT2D eigenvalue weighted by atomic mass is 10.0. The fourth-order valence-electron chi connectivity index (χ4n) is 4.94. The average Bonchev–Trinajstić information content (AvgIpc) is 2.99. The van der Waals surface area contributed by atoms with Crippen molar-refractivity contribution in [1.29, 1.82) is 0 Å². The maximum Gasteiger partial charge on any atom is 0.251 e. The van der Waals surface area contributed by atoms with Crippen LogP contribution in [0.4, 0.5) is 0 Å². The van der Waals surface area contributed by atoms with Crippen LogP contribution in [0.3, 0.4) is 0 Å². The lowest BCUT2D eigenvalue weighted by Gasteiger charge is -2.25. The van der Waals surface area contributed by atoms with Gasteiger partial charge in [0.05, 0.1) is 5.75 Å². The van der Waals surface area contributed by atoms with Gasteiger partial charge in [-0.25, -0.2) is 0 Å². The number of nitrogens with zero attached hydrogens (tertiary/aromatic N) is 1. The summed E-state index contributed by atoms with van der Waals surface area (Å²) in [7, 11) is 0. The topological polar surface area (TPSA) is 137 Å². The molecule has 0 aromatic heterocycles. The molecule has 0 fully saturated rings. The number of carbonyl (C=O) groups is 5. The number of amides is 5. The molecule has 10 nitrogen and oxygen atoms in total. The quantitative estimate of drug-likeness (QED) is 0.366. The molecule has 0 radical (unpaired) electrons. The molecule has 11 heteroatoms. The molecular weight excluding hydrogens is 578 g/mol. The fraction of sp³-hybridized carbons (Fsp3) is 0.485. The first kappa shape index (κ1) is 34.6. The molecule has 0 aliphatic carbocycles. The summed E-state index contributed by atoms with van der Waals surface area (Å²) in [6, 6.07) is 13.7. The Morgan fingerprint density at radius 3 is 2.23 bits per heavy atom. The minimum Gasteiger partial charge on any atom is -0.354 e. The highest BCUT2D eigenvalue weighted by atomic mass is 32.2. The zero-order chi connectivity index (χ0) is 32.1. The molecular formula is C33H45N5O5S. The van der Waals surface area contributed by atoms with E-state index >= 15 is 0 Å². The van der Waals surface area contributed by atoms with Crippen LogP contribution in [0.5, 0.6) is 0 Å². The van der Waals surface area contributed by atoms with Crippen LogP contribution in [-0.4, -0.2) is 77.7 Å². The molecule has 0 unspecified atom stereocenters. The minimum atomic E-state index is -0.957. The second-order valence-corrected chi connectivity index (χ2v) is 12.4. The smallest absolute Gasteiger partial charge is 0.251 e. The number of rotatable bonds is 6. The Balaban J connectivity index is 1.91. The van der Waals surface area contributed by atoms with Crippen LogP contribution in [-0.2, 0) is 32.1 Å². The van der Waals surface area contributed by atoms with Crippen molar-refractivity contribution < 1.29 is 24.0 Å². The first-order valence-corrected chi connectivity index (χ1v) is 16.6. The highest BCUT2D eigenvalue weighted by Crippen LogP contribution is 2.13. The normalized spacial score (nSPS) is 21.1. The van der Waals surface area contributed by atoms with Gasteiger partial charge in [0.15, 0.2) is 0 Å². The first-order valence-electron chi connectivity index (χ1n) is 15.2. The van der Waals surface area contributed by atoms with Crippen LogP contribution in [0.2, 0.25) is 0 Å². The minimum absolute atomic E-state index is 0.0174. The monoisotopic (exact) mass is 623 g/mol. The second kappa shape index (κ2) is 17.4. The maximum absolute atomic E-state index is 13.6. The van der Waals surface area contributed by atoms with Crippen molar-refractivity contribution >= 4 is 41.3 Å². The van der Waals surface area contributed by atoms with E-state index in [1.54, 1.807) is 24.0 Å². The maximum atomic E-state index is 13.6. The summed E-state index contributed by atoms with van der Waals surface area (Å²) in [5.74, 6) is -1.27. The van der Waals surface area contributed by atoms with Crippen molar-refractivity contribution in [3.8, 4) is 0 Å². The number of benzene rings is 2. The molecule has 5 amide bonds. The van der Waals surface area contributed by atoms with Crippen LogP contribution >= 0.6 is 11.8 Å². The standard InChI is InChI=1S/C33H45N5O5S/c1-22(2)18-27-32(42)35-23(3)30(40)34-16-8-9-17-38(29(39)21-44-4)20-25-12-14-26(15-13-25)31(41)36-28(33(43)37-27)19-24-10-6-5-7-11-24/h5-7,10-15,22-23,27-28H,8-9,16-21H2,1-4H3,(H,34,40)(H,35,42)(H,36,41)(H,37,43)/t23-,27+,28-/m1/s1. The highest BCUT2D eigenvalue weighted by Gasteiger charge is 2.29. The fourth-order valence-corrected chi connectivity index (χ4v) is 5.37. The van der Waals surface area contributed by atoms with E-state index in [2.05, 4.69) is 21.3 Å². The molecule has 2 aliphatic rings. The van der Waals surface area contributed by atoms with Gasteiger partial charge in [-0.15, -0.1) is 0 Å². The van der Waals surface area contributed by atoms with Gasteiger partial charge in [-0.3, -0.25) is 24.0 Å². The van der Waals surface area contributed by atoms with E-state index in [9.17, 15) is 24.0 Å². The number of nitrogens with one attached hydrogen (secondary N) is 4. The number of hydrogen-bond donors (Lipinski definition) is 4. The summed E-state index contributed by atoms with van der Waals surface area (Å²) >= 11 is 1.46. The predicted molar refractivity (Wildman–Crippen MR) is 173 cm³/mol. The van der Waals surface area contributed by atoms with Crippen molar-refractivity contribution in [1.82, 2.24) is 26.2 Å². The zero-order valence-electron chi connectivity index (χ0n) is 26.1. The van der Waals surface area contributed by atoms with E-state index in [4.69, 9.17) is 0 Å². The van der Waals surface area contributed by atoms with Gasteiger partial charge in [0, 0.05) is 31.6 Å². The van der Waals surface area contributed by atoms with E-state index in [0.29, 0.717) is 50.2 Å². The van der Waals surface area contributed by atoms with Gasteiger partial charge in [0.1, 0.15) is 18.1 Å². The van der Waals surface area contributed by atoms with E-state index in [-0.39, 0.29) is 24.2 Å². The zero-order valence-corrected chi connectivity index (χ0v) is 26.9. The molecule has 2 aliphatic heterocycles. The lowest BCUT2D eigenvalue weighted by Crippen LogP contribution is -2.57. The molecule has 4 N–H and O–H groups in total. The Kier molecular flexibility index (Phi) is 13.7. The molecule has 3 atom stereocenters. The Hall–Kier alpha value is -3.86. The average molecular weight is 624 g/mol. The molecule has 2 aromatic carbocycles. The summed E-state index contributed by atoms with van der Waals surface area (Å²) < 4.78 is 0. The van der Waals surface area contributed by atoms with Crippen molar-refractivity contribution in [2.45, 2.75) is 71.1 Å². The van der Waals surface area contributed by atoms with Crippen LogP contribution in [0.25, 0.3) is 0 Å². The van der Waals surface area contributed by atoms with Crippen LogP contribution in [0.1, 0.15) is 61.5 Å². The first-order chi connectivity index (χ1) is 21.1. The number of hydrogen-bond acceptors (Lipinski definition) is 6. The molecule has 4 rings (SSSR count). The van der Waals surface area contributed by atoms with Crippen molar-refractivity contribution in [2.75, 3.05) is 25.1 Å². The second-order valence-electron chi connectivity index (χ2n) is 11.6. The molecule has 2 heterocycles. The predicted octanol–water partition coefficient (Wildman–Crippen LogP) is 2.66. The van der Waals surface area contributed by atoms with Crippen LogP contribution in [0, 0.1) is 5.92 Å². The van der Waals surface area contributed by atoms with Gasteiger partial charge in [0.2, 0.25) is 23.6 Å². The molecule has 0 saturated carbocycles. The number of thioether (sulfide) groups is 1. The Bertz CT molecular complexity index is 1270. The lowest BCUT2D eigenvalue weighted by molar-refractivity contribution is -0.132. The molecule has 44 heavy (non-hydrogen) atoms. The van der Waals surface area contributed by atoms with E-state index < -0.39 is 35.8 Å². The summed E-state index contributed by atoms with van der Waals surface area (Å²) in [5, 5.41) is 11.3. The summed E-state index contributed by atoms with van der Waals surface area (Å²) in [6.07, 6.45) is 3.80.